The van der Waals surface area contributed by atoms with Crippen molar-refractivity contribution in [3.63, 3.8) is 0 Å². The Morgan fingerprint density at radius 1 is 1.09 bits per heavy atom. The smallest absolute Gasteiger partial charge is 0.192 e. The second kappa shape index (κ2) is 7.09. The molecule has 2 aromatic heterocycles. The molecule has 0 unspecified atom stereocenters. The highest BCUT2D eigenvalue weighted by atomic mass is 32.2. The van der Waals surface area contributed by atoms with Crippen molar-refractivity contribution in [2.75, 3.05) is 6.26 Å². The van der Waals surface area contributed by atoms with Gasteiger partial charge < -0.3 is 0 Å². The van der Waals surface area contributed by atoms with Crippen LogP contribution in [0.15, 0.2) is 29.3 Å². The highest BCUT2D eigenvalue weighted by Gasteiger charge is 2.08. The molecule has 116 valence electrons. The first-order chi connectivity index (χ1) is 10.1. The number of hydrogen-bond acceptors (Lipinski definition) is 5. The van der Waals surface area contributed by atoms with E-state index in [9.17, 15) is 12.8 Å². The molecule has 2 heterocycles. The first-order valence-electron chi connectivity index (χ1n) is 6.32. The molecule has 5 nitrogen and oxygen atoms in total. The van der Waals surface area contributed by atoms with Crippen LogP contribution in [0.2, 0.25) is 0 Å². The Bertz CT molecular complexity index is 827. The Kier molecular flexibility index (Phi) is 5.71. The zero-order valence-electron chi connectivity index (χ0n) is 12.8. The minimum absolute atomic E-state index is 0.139. The van der Waals surface area contributed by atoms with Gasteiger partial charge >= 0.3 is 0 Å². The molecule has 22 heavy (non-hydrogen) atoms. The summed E-state index contributed by atoms with van der Waals surface area (Å²) in [7, 11) is -3.15. The van der Waals surface area contributed by atoms with Crippen LogP contribution in [0.3, 0.4) is 0 Å². The monoisotopic (exact) mass is 321 g/mol. The van der Waals surface area contributed by atoms with Gasteiger partial charge in [-0.25, -0.2) is 22.8 Å². The number of aromatic nitrogens is 2. The molecule has 0 amide bonds. The van der Waals surface area contributed by atoms with Gasteiger partial charge in [0.2, 0.25) is 0 Å². The maximum Gasteiger partial charge on any atom is 0.192 e. The number of pyridine rings is 2. The van der Waals surface area contributed by atoms with Gasteiger partial charge in [0.1, 0.15) is 6.07 Å². The van der Waals surface area contributed by atoms with Crippen molar-refractivity contribution in [2.45, 2.75) is 25.8 Å². The van der Waals surface area contributed by atoms with Gasteiger partial charge in [-0.3, -0.25) is 0 Å². The van der Waals surface area contributed by atoms with Gasteiger partial charge in [-0.15, -0.1) is 0 Å². The van der Waals surface area contributed by atoms with Crippen LogP contribution in [0.25, 0.3) is 0 Å². The first kappa shape index (κ1) is 17.7. The van der Waals surface area contributed by atoms with Crippen LogP contribution < -0.4 is 0 Å². The van der Waals surface area contributed by atoms with E-state index in [2.05, 4.69) is 9.97 Å². The fourth-order valence-corrected chi connectivity index (χ4v) is 2.05. The molecule has 0 spiro atoms. The van der Waals surface area contributed by atoms with Gasteiger partial charge in [0.05, 0.1) is 0 Å². The predicted molar refractivity (Wildman–Crippen MR) is 80.5 cm³/mol. The lowest BCUT2D eigenvalue weighted by molar-refractivity contribution is 0.597. The second-order valence-electron chi connectivity index (χ2n) is 4.72. The minimum atomic E-state index is -3.15. The largest absolute Gasteiger partial charge is 0.241 e. The summed E-state index contributed by atoms with van der Waals surface area (Å²) in [4.78, 5) is 7.61. The van der Waals surface area contributed by atoms with Gasteiger partial charge in [0.15, 0.2) is 26.4 Å². The lowest BCUT2D eigenvalue weighted by Crippen LogP contribution is -2.02. The van der Waals surface area contributed by atoms with E-state index in [1.165, 1.54) is 18.2 Å². The number of rotatable bonds is 1. The summed E-state index contributed by atoms with van der Waals surface area (Å²) in [6, 6.07) is 7.70. The normalized spacial score (nSPS) is 10.4. The number of aryl methyl sites for hydroxylation is 3. The van der Waals surface area contributed by atoms with E-state index in [4.69, 9.17) is 5.26 Å². The molecule has 0 saturated heterocycles. The SMILES string of the molecule is Cc1ccc(F)c(C#N)n1.Cc1ccc(S(C)(=O)=O)nc1C. The van der Waals surface area contributed by atoms with Crippen molar-refractivity contribution >= 4 is 9.84 Å². The number of hydrogen-bond donors (Lipinski definition) is 0. The van der Waals surface area contributed by atoms with Crippen molar-refractivity contribution in [2.24, 2.45) is 0 Å². The van der Waals surface area contributed by atoms with Crippen LogP contribution >= 0.6 is 0 Å². The van der Waals surface area contributed by atoms with Crippen LogP contribution in [0, 0.1) is 37.9 Å². The third-order valence-corrected chi connectivity index (χ3v) is 3.78. The Hall–Kier alpha value is -2.33. The van der Waals surface area contributed by atoms with Gasteiger partial charge in [-0.2, -0.15) is 5.26 Å². The maximum absolute atomic E-state index is 12.5. The second-order valence-corrected chi connectivity index (χ2v) is 6.68. The Balaban J connectivity index is 0.000000224. The zero-order valence-corrected chi connectivity index (χ0v) is 13.6. The average molecular weight is 321 g/mol. The van der Waals surface area contributed by atoms with Crippen LogP contribution in [0.4, 0.5) is 4.39 Å². The van der Waals surface area contributed by atoms with Crippen molar-refractivity contribution < 1.29 is 12.8 Å². The highest BCUT2D eigenvalue weighted by Crippen LogP contribution is 2.09. The first-order valence-corrected chi connectivity index (χ1v) is 8.22. The quantitative estimate of drug-likeness (QED) is 0.806. The topological polar surface area (TPSA) is 83.7 Å². The van der Waals surface area contributed by atoms with Gasteiger partial charge in [0, 0.05) is 17.6 Å². The highest BCUT2D eigenvalue weighted by molar-refractivity contribution is 7.90. The van der Waals surface area contributed by atoms with E-state index < -0.39 is 15.7 Å². The molecule has 0 N–H and O–H groups in total. The maximum atomic E-state index is 12.5. The Labute approximate surface area is 129 Å². The molecule has 7 heteroatoms. The lowest BCUT2D eigenvalue weighted by Gasteiger charge is -2.01. The van der Waals surface area contributed by atoms with Crippen LogP contribution in [-0.4, -0.2) is 24.6 Å². The molecular weight excluding hydrogens is 305 g/mol. The molecule has 0 saturated carbocycles. The lowest BCUT2D eigenvalue weighted by atomic mass is 10.2. The molecule has 0 radical (unpaired) electrons. The van der Waals surface area contributed by atoms with Crippen molar-refractivity contribution in [1.82, 2.24) is 9.97 Å². The van der Waals surface area contributed by atoms with E-state index in [-0.39, 0.29) is 10.7 Å². The summed E-state index contributed by atoms with van der Waals surface area (Å²) in [5.41, 5.74) is 2.28. The fourth-order valence-electron chi connectivity index (χ4n) is 1.43. The summed E-state index contributed by atoms with van der Waals surface area (Å²) in [5, 5.41) is 8.43. The zero-order chi connectivity index (χ0) is 16.9. The van der Waals surface area contributed by atoms with E-state index in [0.717, 1.165) is 17.5 Å². The molecule has 0 aliphatic rings. The van der Waals surface area contributed by atoms with Crippen molar-refractivity contribution in [3.8, 4) is 6.07 Å². The predicted octanol–water partition coefficient (Wildman–Crippen LogP) is 2.50. The molecule has 2 rings (SSSR count). The van der Waals surface area contributed by atoms with Gasteiger partial charge in [-0.1, -0.05) is 6.07 Å². The van der Waals surface area contributed by atoms with Crippen molar-refractivity contribution in [1.29, 1.82) is 5.26 Å². The van der Waals surface area contributed by atoms with E-state index in [0.29, 0.717) is 5.69 Å². The molecule has 0 aliphatic heterocycles. The third-order valence-electron chi connectivity index (χ3n) is 2.80. The van der Waals surface area contributed by atoms with Gasteiger partial charge in [-0.05, 0) is 44.5 Å². The summed E-state index contributed by atoms with van der Waals surface area (Å²) >= 11 is 0. The standard InChI is InChI=1S/C8H11NO2S.C7H5FN2/c1-6-4-5-8(9-7(6)2)12(3,10)11;1-5-2-3-6(8)7(4-9)10-5/h4-5H,1-3H3;2-3H,1H3. The molecule has 0 aliphatic carbocycles. The van der Waals surface area contributed by atoms with Crippen LogP contribution in [-0.2, 0) is 9.84 Å². The third kappa shape index (κ3) is 4.90. The Morgan fingerprint density at radius 3 is 2.18 bits per heavy atom. The Morgan fingerprint density at radius 2 is 1.73 bits per heavy atom. The van der Waals surface area contributed by atoms with Crippen LogP contribution in [0.1, 0.15) is 22.6 Å². The van der Waals surface area contributed by atoms with E-state index >= 15 is 0 Å². The number of sulfone groups is 1. The molecular formula is C15H16FN3O2S. The molecule has 2 aromatic rings. The molecule has 0 atom stereocenters. The number of nitrogens with zero attached hydrogens (tertiary/aromatic N) is 3. The van der Waals surface area contributed by atoms with Crippen molar-refractivity contribution in [3.05, 3.63) is 52.7 Å². The fraction of sp³-hybridized carbons (Fsp3) is 0.267. The van der Waals surface area contributed by atoms with E-state index in [1.807, 2.05) is 6.92 Å². The molecule has 0 aromatic carbocycles. The minimum Gasteiger partial charge on any atom is -0.241 e. The van der Waals surface area contributed by atoms with E-state index in [1.54, 1.807) is 26.0 Å². The number of halogens is 1. The molecule has 0 fully saturated rings. The van der Waals surface area contributed by atoms with Crippen LogP contribution in [0.5, 0.6) is 0 Å². The summed E-state index contributed by atoms with van der Waals surface area (Å²) in [6.45, 7) is 5.40. The number of nitriles is 1. The van der Waals surface area contributed by atoms with Gasteiger partial charge in [0.25, 0.3) is 0 Å². The summed E-state index contributed by atoms with van der Waals surface area (Å²) < 4.78 is 34.6. The molecule has 0 bridgehead atoms. The summed E-state index contributed by atoms with van der Waals surface area (Å²) in [5.74, 6) is -0.562. The average Bonchev–Trinajstić information content (AvgIpc) is 2.44. The summed E-state index contributed by atoms with van der Waals surface area (Å²) in [6.07, 6.45) is 1.16.